The molecule has 1 aromatic heterocycles. The third kappa shape index (κ3) is 4.74. The highest BCUT2D eigenvalue weighted by molar-refractivity contribution is 6.02. The number of hydrogen-bond acceptors (Lipinski definition) is 3. The Morgan fingerprint density at radius 2 is 0.845 bits per heavy atom. The normalized spacial score (nSPS) is 13.1. The topological polar surface area (TPSA) is 35.0 Å². The van der Waals surface area contributed by atoms with E-state index in [0.717, 1.165) is 66.7 Å². The minimum Gasteiger partial charge on any atom is -0.455 e. The van der Waals surface area contributed by atoms with Gasteiger partial charge < -0.3 is 4.74 Å². The van der Waals surface area contributed by atoms with Crippen LogP contribution in [0, 0.1) is 0 Å². The molecule has 1 aliphatic carbocycles. The zero-order chi connectivity index (χ0) is 38.2. The second-order valence-electron chi connectivity index (χ2n) is 15.2. The van der Waals surface area contributed by atoms with E-state index in [-0.39, 0.29) is 0 Å². The molecule has 9 aromatic carbocycles. The van der Waals surface area contributed by atoms with E-state index < -0.39 is 5.41 Å². The second kappa shape index (κ2) is 12.7. The number of nitrogens with zero attached hydrogens (tertiary/aromatic N) is 2. The summed E-state index contributed by atoms with van der Waals surface area (Å²) in [5.74, 6) is 2.56. The van der Waals surface area contributed by atoms with E-state index in [0.29, 0.717) is 5.82 Å². The van der Waals surface area contributed by atoms with Gasteiger partial charge in [0.15, 0.2) is 5.82 Å². The smallest absolute Gasteiger partial charge is 0.160 e. The summed E-state index contributed by atoms with van der Waals surface area (Å²) >= 11 is 0. The van der Waals surface area contributed by atoms with Gasteiger partial charge in [-0.15, -0.1) is 0 Å². The lowest BCUT2D eigenvalue weighted by molar-refractivity contribution is 0.447. The molecule has 3 nitrogen and oxygen atoms in total. The molecule has 1 spiro atoms. The van der Waals surface area contributed by atoms with Gasteiger partial charge in [-0.05, 0) is 50.2 Å². The van der Waals surface area contributed by atoms with Crippen LogP contribution in [0.25, 0.3) is 77.7 Å². The Morgan fingerprint density at radius 3 is 1.50 bits per heavy atom. The third-order valence-electron chi connectivity index (χ3n) is 12.2. The van der Waals surface area contributed by atoms with Crippen LogP contribution in [0.5, 0.6) is 11.5 Å². The Morgan fingerprint density at radius 1 is 0.345 bits per heavy atom. The van der Waals surface area contributed by atoms with E-state index in [9.17, 15) is 0 Å². The number of fused-ring (bicyclic) bond motifs is 13. The molecule has 12 rings (SSSR count). The molecule has 0 radical (unpaired) electrons. The summed E-state index contributed by atoms with van der Waals surface area (Å²) in [7, 11) is 0. The van der Waals surface area contributed by atoms with Gasteiger partial charge in [0.2, 0.25) is 0 Å². The van der Waals surface area contributed by atoms with Crippen LogP contribution in [-0.4, -0.2) is 9.97 Å². The highest BCUT2D eigenvalue weighted by Gasteiger charge is 2.52. The zero-order valence-electron chi connectivity index (χ0n) is 31.4. The SMILES string of the molecule is c1ccc(-c2cc(-c3ccc(-c4cccc5c4-c4ccccc4C54c5ccc6ccccc6c5Oc5c4ccc4ccccc54)cc3)nc(-c3ccccc3)n2)cc1. The predicted molar refractivity (Wildman–Crippen MR) is 236 cm³/mol. The van der Waals surface area contributed by atoms with E-state index in [1.54, 1.807) is 0 Å². The van der Waals surface area contributed by atoms with Crippen molar-refractivity contribution in [3.63, 3.8) is 0 Å². The van der Waals surface area contributed by atoms with Crippen molar-refractivity contribution in [1.29, 1.82) is 0 Å². The molecule has 1 aliphatic heterocycles. The average Bonchev–Trinajstić information content (AvgIpc) is 3.60. The number of ether oxygens (including phenoxy) is 1. The molecule has 0 saturated carbocycles. The molecule has 2 aliphatic rings. The molecule has 0 atom stereocenters. The molecule has 270 valence electrons. The maximum Gasteiger partial charge on any atom is 0.160 e. The minimum atomic E-state index is -0.596. The Hall–Kier alpha value is -7.62. The molecule has 58 heavy (non-hydrogen) atoms. The minimum absolute atomic E-state index is 0.596. The van der Waals surface area contributed by atoms with Gasteiger partial charge in [0, 0.05) is 38.6 Å². The summed E-state index contributed by atoms with van der Waals surface area (Å²) in [6, 6.07) is 73.7. The van der Waals surface area contributed by atoms with Crippen LogP contribution in [-0.2, 0) is 5.41 Å². The first kappa shape index (κ1) is 32.6. The van der Waals surface area contributed by atoms with Gasteiger partial charge in [0.25, 0.3) is 0 Å². The number of hydrogen-bond donors (Lipinski definition) is 0. The van der Waals surface area contributed by atoms with E-state index in [4.69, 9.17) is 14.7 Å². The molecule has 0 amide bonds. The van der Waals surface area contributed by atoms with E-state index >= 15 is 0 Å². The molecule has 0 unspecified atom stereocenters. The predicted octanol–water partition coefficient (Wildman–Crippen LogP) is 13.9. The number of rotatable bonds is 4. The van der Waals surface area contributed by atoms with Gasteiger partial charge in [0.05, 0.1) is 16.8 Å². The first-order valence-corrected chi connectivity index (χ1v) is 19.8. The largest absolute Gasteiger partial charge is 0.455 e. The van der Waals surface area contributed by atoms with E-state index in [2.05, 4.69) is 182 Å². The van der Waals surface area contributed by atoms with Gasteiger partial charge in [-0.2, -0.15) is 0 Å². The molecule has 0 fully saturated rings. The molecular formula is C55H34N2O. The van der Waals surface area contributed by atoms with Crippen molar-refractivity contribution < 1.29 is 4.74 Å². The van der Waals surface area contributed by atoms with Crippen LogP contribution in [0.2, 0.25) is 0 Å². The van der Waals surface area contributed by atoms with Crippen molar-refractivity contribution in [1.82, 2.24) is 9.97 Å². The standard InChI is InChI=1S/C55H34N2O/c1-3-16-38(17-4-1)49-34-50(57-54(56-49)40-18-5-2-6-19-40)39-28-26-37(27-29-39)41-23-13-25-46-51(41)44-22-11-12-24-45(44)55(46)47-32-30-35-14-7-9-20-42(35)52(47)58-53-43-21-10-8-15-36(43)31-33-48(53)55/h1-34H. The second-order valence-corrected chi connectivity index (χ2v) is 15.2. The molecule has 0 saturated heterocycles. The van der Waals surface area contributed by atoms with Crippen LogP contribution >= 0.6 is 0 Å². The Bertz CT molecular complexity index is 3100. The van der Waals surface area contributed by atoms with Crippen molar-refractivity contribution in [2.75, 3.05) is 0 Å². The molecular weight excluding hydrogens is 705 g/mol. The summed E-state index contributed by atoms with van der Waals surface area (Å²) in [4.78, 5) is 10.1. The van der Waals surface area contributed by atoms with Gasteiger partial charge in [0.1, 0.15) is 11.5 Å². The van der Waals surface area contributed by atoms with Crippen molar-refractivity contribution >= 4 is 21.5 Å². The van der Waals surface area contributed by atoms with Crippen molar-refractivity contribution in [2.45, 2.75) is 5.41 Å². The van der Waals surface area contributed by atoms with Crippen LogP contribution < -0.4 is 4.74 Å². The van der Waals surface area contributed by atoms with Gasteiger partial charge in [-0.1, -0.05) is 200 Å². The Kier molecular flexibility index (Phi) is 7.14. The molecule has 0 bridgehead atoms. The van der Waals surface area contributed by atoms with E-state index in [1.165, 1.54) is 38.9 Å². The summed E-state index contributed by atoms with van der Waals surface area (Å²) in [6.07, 6.45) is 0. The fourth-order valence-electron chi connectivity index (χ4n) is 9.58. The number of benzene rings is 9. The lowest BCUT2D eigenvalue weighted by Gasteiger charge is -2.40. The molecule has 2 heterocycles. The van der Waals surface area contributed by atoms with Crippen molar-refractivity contribution in [3.05, 3.63) is 229 Å². The van der Waals surface area contributed by atoms with Gasteiger partial charge in [-0.25, -0.2) is 9.97 Å². The maximum atomic E-state index is 7.15. The lowest BCUT2D eigenvalue weighted by Crippen LogP contribution is -2.32. The first-order chi connectivity index (χ1) is 28.8. The monoisotopic (exact) mass is 738 g/mol. The fraction of sp³-hybridized carbons (Fsp3) is 0.0182. The van der Waals surface area contributed by atoms with E-state index in [1.807, 2.05) is 24.3 Å². The van der Waals surface area contributed by atoms with Crippen molar-refractivity contribution in [2.24, 2.45) is 0 Å². The molecule has 0 N–H and O–H groups in total. The molecule has 3 heteroatoms. The summed E-state index contributed by atoms with van der Waals surface area (Å²) in [5, 5.41) is 4.56. The quantitative estimate of drug-likeness (QED) is 0.180. The van der Waals surface area contributed by atoms with Crippen LogP contribution in [0.4, 0.5) is 0 Å². The highest BCUT2D eigenvalue weighted by Crippen LogP contribution is 2.65. The summed E-state index contributed by atoms with van der Waals surface area (Å²) < 4.78 is 7.15. The highest BCUT2D eigenvalue weighted by atomic mass is 16.5. The lowest BCUT2D eigenvalue weighted by atomic mass is 9.65. The molecule has 10 aromatic rings. The summed E-state index contributed by atoms with van der Waals surface area (Å²) in [6.45, 7) is 0. The Labute approximate surface area is 336 Å². The first-order valence-electron chi connectivity index (χ1n) is 19.8. The zero-order valence-corrected chi connectivity index (χ0v) is 31.4. The summed E-state index contributed by atoms with van der Waals surface area (Å²) in [5.41, 5.74) is 14.0. The van der Waals surface area contributed by atoms with Crippen LogP contribution in [0.1, 0.15) is 22.3 Å². The fourth-order valence-corrected chi connectivity index (χ4v) is 9.58. The van der Waals surface area contributed by atoms with Crippen LogP contribution in [0.3, 0.4) is 0 Å². The van der Waals surface area contributed by atoms with Gasteiger partial charge >= 0.3 is 0 Å². The van der Waals surface area contributed by atoms with Gasteiger partial charge in [-0.3, -0.25) is 0 Å². The Balaban J connectivity index is 1.06. The van der Waals surface area contributed by atoms with Crippen molar-refractivity contribution in [3.8, 4) is 67.7 Å². The number of aromatic nitrogens is 2. The maximum absolute atomic E-state index is 7.15. The third-order valence-corrected chi connectivity index (χ3v) is 12.2. The van der Waals surface area contributed by atoms with Crippen LogP contribution in [0.15, 0.2) is 206 Å². The average molecular weight is 739 g/mol.